The van der Waals surface area contributed by atoms with E-state index in [4.69, 9.17) is 9.47 Å². The molecule has 7 nitrogen and oxygen atoms in total. The van der Waals surface area contributed by atoms with Gasteiger partial charge in [-0.15, -0.1) is 0 Å². The van der Waals surface area contributed by atoms with Gasteiger partial charge in [-0.1, -0.05) is 11.3 Å². The van der Waals surface area contributed by atoms with Crippen LogP contribution in [0.25, 0.3) is 10.2 Å². The van der Waals surface area contributed by atoms with Crippen LogP contribution in [0.2, 0.25) is 0 Å². The predicted molar refractivity (Wildman–Crippen MR) is 106 cm³/mol. The van der Waals surface area contributed by atoms with E-state index in [1.165, 1.54) is 11.3 Å². The number of methoxy groups -OCH3 is 2. The van der Waals surface area contributed by atoms with Crippen molar-refractivity contribution in [2.24, 2.45) is 4.99 Å². The van der Waals surface area contributed by atoms with Crippen LogP contribution in [0.3, 0.4) is 0 Å². The summed E-state index contributed by atoms with van der Waals surface area (Å²) in [5.74, 6) is 0.957. The molecule has 27 heavy (non-hydrogen) atoms. The van der Waals surface area contributed by atoms with Crippen LogP contribution in [0.5, 0.6) is 11.5 Å². The van der Waals surface area contributed by atoms with Crippen molar-refractivity contribution < 1.29 is 14.3 Å². The Hall–Kier alpha value is -2.61. The van der Waals surface area contributed by atoms with E-state index >= 15 is 0 Å². The number of fused-ring (bicyclic) bond motifs is 1. The molecular weight excluding hydrogens is 364 g/mol. The Balaban J connectivity index is 2.12. The summed E-state index contributed by atoms with van der Waals surface area (Å²) in [6, 6.07) is 5.79. The quantitative estimate of drug-likeness (QED) is 0.670. The van der Waals surface area contributed by atoms with Crippen LogP contribution >= 0.6 is 11.3 Å². The Labute approximate surface area is 161 Å². The Morgan fingerprint density at radius 1 is 1.22 bits per heavy atom. The molecule has 144 valence electrons. The van der Waals surface area contributed by atoms with Crippen molar-refractivity contribution in [2.45, 2.75) is 40.3 Å². The zero-order chi connectivity index (χ0) is 19.7. The fourth-order valence-electron chi connectivity index (χ4n) is 3.05. The molecule has 0 aliphatic rings. The SMILES string of the molecule is CCn1c(=NC(=O)c2cc(C)n(C(C)C)n2)sc2cc(OC)c(OC)cc21. The molecule has 2 aromatic heterocycles. The molecule has 3 rings (SSSR count). The number of hydrogen-bond donors (Lipinski definition) is 0. The lowest BCUT2D eigenvalue weighted by Crippen LogP contribution is -2.16. The van der Waals surface area contributed by atoms with Crippen LogP contribution in [0.1, 0.15) is 43.0 Å². The summed E-state index contributed by atoms with van der Waals surface area (Å²) in [4.78, 5) is 17.7. The molecular formula is C19H24N4O3S. The van der Waals surface area contributed by atoms with Crippen molar-refractivity contribution in [1.29, 1.82) is 0 Å². The van der Waals surface area contributed by atoms with Gasteiger partial charge in [0.25, 0.3) is 5.91 Å². The van der Waals surface area contributed by atoms with E-state index in [1.54, 1.807) is 20.3 Å². The van der Waals surface area contributed by atoms with E-state index in [1.807, 2.05) is 49.1 Å². The second-order valence-corrected chi connectivity index (χ2v) is 7.44. The fraction of sp³-hybridized carbons (Fsp3) is 0.421. The van der Waals surface area contributed by atoms with Gasteiger partial charge in [0, 0.05) is 30.4 Å². The van der Waals surface area contributed by atoms with Crippen LogP contribution in [-0.2, 0) is 6.54 Å². The van der Waals surface area contributed by atoms with Gasteiger partial charge in [0.05, 0.1) is 24.4 Å². The molecule has 0 fully saturated rings. The van der Waals surface area contributed by atoms with Crippen LogP contribution in [0, 0.1) is 6.92 Å². The van der Waals surface area contributed by atoms with Gasteiger partial charge >= 0.3 is 0 Å². The first-order chi connectivity index (χ1) is 12.9. The number of benzene rings is 1. The minimum absolute atomic E-state index is 0.191. The van der Waals surface area contributed by atoms with E-state index in [0.717, 1.165) is 15.9 Å². The monoisotopic (exact) mass is 388 g/mol. The molecule has 0 atom stereocenters. The summed E-state index contributed by atoms with van der Waals surface area (Å²) in [5, 5.41) is 4.40. The maximum absolute atomic E-state index is 12.7. The highest BCUT2D eigenvalue weighted by Gasteiger charge is 2.16. The number of rotatable bonds is 5. The number of aryl methyl sites for hydroxylation is 2. The predicted octanol–water partition coefficient (Wildman–Crippen LogP) is 3.57. The third kappa shape index (κ3) is 3.49. The summed E-state index contributed by atoms with van der Waals surface area (Å²) < 4.78 is 15.6. The molecule has 0 aliphatic carbocycles. The first kappa shape index (κ1) is 19.2. The maximum atomic E-state index is 12.7. The van der Waals surface area contributed by atoms with Gasteiger partial charge in [-0.25, -0.2) is 0 Å². The first-order valence-electron chi connectivity index (χ1n) is 8.80. The van der Waals surface area contributed by atoms with Crippen LogP contribution in [0.4, 0.5) is 0 Å². The van der Waals surface area contributed by atoms with Crippen molar-refractivity contribution in [3.05, 3.63) is 34.4 Å². The standard InChI is InChI=1S/C19H24N4O3S/c1-7-22-14-9-15(25-5)16(26-6)10-17(14)27-19(22)20-18(24)13-8-12(4)23(21-13)11(2)3/h8-11H,7H2,1-6H3. The lowest BCUT2D eigenvalue weighted by atomic mass is 10.3. The largest absolute Gasteiger partial charge is 0.493 e. The third-order valence-electron chi connectivity index (χ3n) is 4.33. The molecule has 1 aromatic carbocycles. The van der Waals surface area contributed by atoms with Crippen LogP contribution in [0.15, 0.2) is 23.2 Å². The highest BCUT2D eigenvalue weighted by Crippen LogP contribution is 2.33. The maximum Gasteiger partial charge on any atom is 0.300 e. The molecule has 0 N–H and O–H groups in total. The van der Waals surface area contributed by atoms with Crippen molar-refractivity contribution in [3.8, 4) is 11.5 Å². The van der Waals surface area contributed by atoms with Gasteiger partial charge in [0.15, 0.2) is 22.0 Å². The minimum Gasteiger partial charge on any atom is -0.493 e. The molecule has 0 bridgehead atoms. The fourth-order valence-corrected chi connectivity index (χ4v) is 4.15. The normalized spacial score (nSPS) is 12.2. The van der Waals surface area contributed by atoms with E-state index in [-0.39, 0.29) is 11.9 Å². The average Bonchev–Trinajstić information content (AvgIpc) is 3.19. The lowest BCUT2D eigenvalue weighted by molar-refractivity contribution is 0.0992. The molecule has 3 aromatic rings. The topological polar surface area (TPSA) is 70.6 Å². The van der Waals surface area contributed by atoms with E-state index < -0.39 is 0 Å². The Bertz CT molecular complexity index is 1060. The Morgan fingerprint density at radius 2 is 1.89 bits per heavy atom. The molecule has 0 spiro atoms. The third-order valence-corrected chi connectivity index (χ3v) is 5.37. The van der Waals surface area contributed by atoms with Crippen molar-refractivity contribution in [2.75, 3.05) is 14.2 Å². The number of aromatic nitrogens is 3. The van der Waals surface area contributed by atoms with E-state index in [2.05, 4.69) is 10.1 Å². The molecule has 0 unspecified atom stereocenters. The molecule has 8 heteroatoms. The number of nitrogens with zero attached hydrogens (tertiary/aromatic N) is 4. The summed E-state index contributed by atoms with van der Waals surface area (Å²) in [6.07, 6.45) is 0. The zero-order valence-electron chi connectivity index (χ0n) is 16.4. The Morgan fingerprint density at radius 3 is 2.44 bits per heavy atom. The zero-order valence-corrected chi connectivity index (χ0v) is 17.3. The van der Waals surface area contributed by atoms with Gasteiger partial charge in [0.1, 0.15) is 0 Å². The molecule has 1 amide bonds. The van der Waals surface area contributed by atoms with Crippen LogP contribution < -0.4 is 14.3 Å². The highest BCUT2D eigenvalue weighted by atomic mass is 32.1. The summed E-state index contributed by atoms with van der Waals surface area (Å²) in [6.45, 7) is 8.70. The molecule has 0 aliphatic heterocycles. The van der Waals surface area contributed by atoms with Gasteiger partial charge in [0.2, 0.25) is 0 Å². The van der Waals surface area contributed by atoms with Crippen LogP contribution in [-0.4, -0.2) is 34.5 Å². The summed E-state index contributed by atoms with van der Waals surface area (Å²) in [7, 11) is 3.21. The van der Waals surface area contributed by atoms with Gasteiger partial charge in [-0.3, -0.25) is 9.48 Å². The number of hydrogen-bond acceptors (Lipinski definition) is 5. The number of carbonyl (C=O) groups excluding carboxylic acids is 1. The Kier molecular flexibility index (Phi) is 5.36. The van der Waals surface area contributed by atoms with E-state index in [9.17, 15) is 4.79 Å². The van der Waals surface area contributed by atoms with Gasteiger partial charge < -0.3 is 14.0 Å². The average molecular weight is 388 g/mol. The summed E-state index contributed by atoms with van der Waals surface area (Å²) >= 11 is 1.44. The number of amides is 1. The second-order valence-electron chi connectivity index (χ2n) is 6.43. The minimum atomic E-state index is -0.342. The molecule has 0 saturated heterocycles. The molecule has 0 radical (unpaired) electrons. The van der Waals surface area contributed by atoms with Gasteiger partial charge in [-0.2, -0.15) is 10.1 Å². The van der Waals surface area contributed by atoms with Crippen molar-refractivity contribution in [3.63, 3.8) is 0 Å². The smallest absolute Gasteiger partial charge is 0.300 e. The van der Waals surface area contributed by atoms with Gasteiger partial charge in [-0.05, 0) is 33.8 Å². The van der Waals surface area contributed by atoms with Crippen molar-refractivity contribution in [1.82, 2.24) is 14.3 Å². The molecule has 2 heterocycles. The number of ether oxygens (including phenoxy) is 2. The first-order valence-corrected chi connectivity index (χ1v) is 9.61. The van der Waals surface area contributed by atoms with E-state index in [0.29, 0.717) is 28.5 Å². The second kappa shape index (κ2) is 7.56. The number of thiazole rings is 1. The molecule has 0 saturated carbocycles. The van der Waals surface area contributed by atoms with Crippen molar-refractivity contribution >= 4 is 27.5 Å². The summed E-state index contributed by atoms with van der Waals surface area (Å²) in [5.41, 5.74) is 2.25. The number of carbonyl (C=O) groups is 1. The highest BCUT2D eigenvalue weighted by molar-refractivity contribution is 7.16. The lowest BCUT2D eigenvalue weighted by Gasteiger charge is -2.08.